The summed E-state index contributed by atoms with van der Waals surface area (Å²) in [5.74, 6) is -0.349. The van der Waals surface area contributed by atoms with Crippen molar-refractivity contribution in [2.45, 2.75) is 32.7 Å². The average Bonchev–Trinajstić information content (AvgIpc) is 2.29. The second-order valence-corrected chi connectivity index (χ2v) is 4.81. The zero-order chi connectivity index (χ0) is 13.1. The van der Waals surface area contributed by atoms with Crippen LogP contribution in [0.1, 0.15) is 37.6 Å². The Bertz CT molecular complexity index is 412. The molecule has 1 atom stereocenters. The number of Topliss-reactive ketones (excluding diaryl/α,β-unsaturated/α-hetero) is 1. The summed E-state index contributed by atoms with van der Waals surface area (Å²) >= 11 is 0. The average molecular weight is 235 g/mol. The highest BCUT2D eigenvalue weighted by atomic mass is 16.6. The summed E-state index contributed by atoms with van der Waals surface area (Å²) in [5.41, 5.74) is -0.469. The normalized spacial score (nSPS) is 13.1. The first-order chi connectivity index (χ1) is 7.85. The molecule has 0 radical (unpaired) electrons. The van der Waals surface area contributed by atoms with E-state index >= 15 is 0 Å². The molecule has 0 aliphatic heterocycles. The predicted molar refractivity (Wildman–Crippen MR) is 65.6 cm³/mol. The van der Waals surface area contributed by atoms with E-state index in [0.29, 0.717) is 5.56 Å². The van der Waals surface area contributed by atoms with Crippen molar-refractivity contribution >= 4 is 5.78 Å². The summed E-state index contributed by atoms with van der Waals surface area (Å²) in [6, 6.07) is 8.87. The maximum Gasteiger partial charge on any atom is 0.219 e. The third-order valence-corrected chi connectivity index (χ3v) is 3.26. The van der Waals surface area contributed by atoms with Crippen LogP contribution in [0, 0.1) is 16.0 Å². The van der Waals surface area contributed by atoms with Crippen molar-refractivity contribution in [3.63, 3.8) is 0 Å². The van der Waals surface area contributed by atoms with E-state index in [9.17, 15) is 14.9 Å². The van der Waals surface area contributed by atoms with E-state index in [-0.39, 0.29) is 23.0 Å². The van der Waals surface area contributed by atoms with Gasteiger partial charge in [0.15, 0.2) is 5.78 Å². The topological polar surface area (TPSA) is 60.2 Å². The van der Waals surface area contributed by atoms with Gasteiger partial charge in [-0.3, -0.25) is 14.9 Å². The van der Waals surface area contributed by atoms with E-state index in [1.807, 2.05) is 6.07 Å². The van der Waals surface area contributed by atoms with E-state index in [2.05, 4.69) is 0 Å². The summed E-state index contributed by atoms with van der Waals surface area (Å²) in [6.07, 6.45) is 0.192. The minimum absolute atomic E-state index is 0.0481. The van der Waals surface area contributed by atoms with Crippen LogP contribution in [0.25, 0.3) is 0 Å². The quantitative estimate of drug-likeness (QED) is 0.448. The van der Waals surface area contributed by atoms with Crippen molar-refractivity contribution in [3.8, 4) is 0 Å². The first-order valence-electron chi connectivity index (χ1n) is 5.58. The molecule has 4 heteroatoms. The van der Waals surface area contributed by atoms with Gasteiger partial charge in [0.1, 0.15) is 0 Å². The fourth-order valence-corrected chi connectivity index (χ4v) is 1.45. The van der Waals surface area contributed by atoms with Gasteiger partial charge in [-0.25, -0.2) is 0 Å². The Morgan fingerprint density at radius 3 is 2.35 bits per heavy atom. The lowest BCUT2D eigenvalue weighted by molar-refractivity contribution is -0.570. The molecule has 0 saturated carbocycles. The van der Waals surface area contributed by atoms with Crippen molar-refractivity contribution in [2.75, 3.05) is 0 Å². The number of benzene rings is 1. The van der Waals surface area contributed by atoms with Crippen LogP contribution in [0.3, 0.4) is 0 Å². The summed E-state index contributed by atoms with van der Waals surface area (Å²) in [6.45, 7) is 4.84. The Labute approximate surface area is 101 Å². The first kappa shape index (κ1) is 13.4. The number of hydrogen-bond acceptors (Lipinski definition) is 3. The molecule has 1 rings (SSSR count). The number of carbonyl (C=O) groups is 1. The van der Waals surface area contributed by atoms with E-state index in [1.165, 1.54) is 0 Å². The van der Waals surface area contributed by atoms with E-state index in [0.717, 1.165) is 0 Å². The molecule has 0 bridgehead atoms. The van der Waals surface area contributed by atoms with Crippen LogP contribution >= 0.6 is 0 Å². The standard InChI is InChI=1S/C13H17NO3/c1-10(13(2,3)14(16)17)9-12(15)11-7-5-4-6-8-11/h4-8,10H,9H2,1-3H3. The maximum absolute atomic E-state index is 11.9. The lowest BCUT2D eigenvalue weighted by atomic mass is 9.84. The van der Waals surface area contributed by atoms with Gasteiger partial charge in [0.05, 0.1) is 0 Å². The van der Waals surface area contributed by atoms with E-state index in [4.69, 9.17) is 0 Å². The number of hydrogen-bond donors (Lipinski definition) is 0. The first-order valence-corrected chi connectivity index (χ1v) is 5.58. The summed E-state index contributed by atoms with van der Waals surface area (Å²) < 4.78 is 0. The van der Waals surface area contributed by atoms with E-state index < -0.39 is 5.54 Å². The van der Waals surface area contributed by atoms with Gasteiger partial charge in [-0.1, -0.05) is 37.3 Å². The second-order valence-electron chi connectivity index (χ2n) is 4.81. The predicted octanol–water partition coefficient (Wildman–Crippen LogP) is 2.95. The highest BCUT2D eigenvalue weighted by Gasteiger charge is 2.38. The molecule has 1 aromatic carbocycles. The smallest absolute Gasteiger partial charge is 0.219 e. The van der Waals surface area contributed by atoms with Crippen LogP contribution in [-0.2, 0) is 0 Å². The minimum atomic E-state index is -1.08. The minimum Gasteiger partial charge on any atom is -0.294 e. The molecule has 0 N–H and O–H groups in total. The molecular weight excluding hydrogens is 218 g/mol. The Balaban J connectivity index is 2.74. The van der Waals surface area contributed by atoms with Crippen molar-refractivity contribution in [1.29, 1.82) is 0 Å². The fourth-order valence-electron chi connectivity index (χ4n) is 1.45. The Kier molecular flexibility index (Phi) is 3.99. The molecule has 4 nitrogen and oxygen atoms in total. The van der Waals surface area contributed by atoms with Crippen molar-refractivity contribution in [1.82, 2.24) is 0 Å². The van der Waals surface area contributed by atoms with Gasteiger partial charge in [-0.15, -0.1) is 0 Å². The monoisotopic (exact) mass is 235 g/mol. The van der Waals surface area contributed by atoms with E-state index in [1.54, 1.807) is 45.0 Å². The molecule has 92 valence electrons. The van der Waals surface area contributed by atoms with Gasteiger partial charge in [-0.2, -0.15) is 0 Å². The molecule has 0 aliphatic carbocycles. The third kappa shape index (κ3) is 3.12. The Morgan fingerprint density at radius 1 is 1.35 bits per heavy atom. The molecule has 0 amide bonds. The summed E-state index contributed by atoms with van der Waals surface area (Å²) in [7, 11) is 0. The van der Waals surface area contributed by atoms with Crippen LogP contribution in [0.5, 0.6) is 0 Å². The maximum atomic E-state index is 11.9. The van der Waals surface area contributed by atoms with Crippen molar-refractivity contribution < 1.29 is 9.72 Å². The molecule has 0 fully saturated rings. The van der Waals surface area contributed by atoms with Crippen LogP contribution in [0.15, 0.2) is 30.3 Å². The van der Waals surface area contributed by atoms with Crippen LogP contribution in [0.4, 0.5) is 0 Å². The number of rotatable bonds is 5. The molecule has 0 aliphatic rings. The van der Waals surface area contributed by atoms with Gasteiger partial charge < -0.3 is 0 Å². The van der Waals surface area contributed by atoms with Crippen molar-refractivity contribution in [2.24, 2.45) is 5.92 Å². The molecule has 0 saturated heterocycles. The van der Waals surface area contributed by atoms with Crippen LogP contribution in [-0.4, -0.2) is 16.2 Å². The highest BCUT2D eigenvalue weighted by molar-refractivity contribution is 5.96. The van der Waals surface area contributed by atoms with Crippen molar-refractivity contribution in [3.05, 3.63) is 46.0 Å². The van der Waals surface area contributed by atoms with Gasteiger partial charge in [0.25, 0.3) is 0 Å². The Morgan fingerprint density at radius 2 is 1.88 bits per heavy atom. The third-order valence-electron chi connectivity index (χ3n) is 3.26. The number of ketones is 1. The van der Waals surface area contributed by atoms with Gasteiger partial charge >= 0.3 is 0 Å². The van der Waals surface area contributed by atoms with Gasteiger partial charge in [0, 0.05) is 36.7 Å². The fraction of sp³-hybridized carbons (Fsp3) is 0.462. The molecule has 1 aromatic rings. The lowest BCUT2D eigenvalue weighted by Gasteiger charge is -2.22. The van der Waals surface area contributed by atoms with Gasteiger partial charge in [-0.05, 0) is 0 Å². The SMILES string of the molecule is CC(CC(=O)c1ccccc1)C(C)(C)[N+](=O)[O-]. The summed E-state index contributed by atoms with van der Waals surface area (Å²) in [5, 5.41) is 10.9. The van der Waals surface area contributed by atoms with Crippen LogP contribution in [0.2, 0.25) is 0 Å². The number of nitro groups is 1. The largest absolute Gasteiger partial charge is 0.294 e. The molecular formula is C13H17NO3. The zero-order valence-electron chi connectivity index (χ0n) is 10.3. The number of nitrogens with zero attached hydrogens (tertiary/aromatic N) is 1. The Hall–Kier alpha value is -1.71. The van der Waals surface area contributed by atoms with Gasteiger partial charge in [0.2, 0.25) is 5.54 Å². The molecule has 0 aromatic heterocycles. The highest BCUT2D eigenvalue weighted by Crippen LogP contribution is 2.24. The second kappa shape index (κ2) is 5.08. The number of carbonyl (C=O) groups excluding carboxylic acids is 1. The lowest BCUT2D eigenvalue weighted by Crippen LogP contribution is -2.39. The summed E-state index contributed by atoms with van der Waals surface area (Å²) in [4.78, 5) is 22.5. The molecule has 17 heavy (non-hydrogen) atoms. The zero-order valence-corrected chi connectivity index (χ0v) is 10.3. The molecule has 0 heterocycles. The van der Waals surface area contributed by atoms with Crippen LogP contribution < -0.4 is 0 Å². The molecule has 0 spiro atoms. The molecule has 1 unspecified atom stereocenters.